The Bertz CT molecular complexity index is 5250. The van der Waals surface area contributed by atoms with Crippen LogP contribution in [0.2, 0.25) is 0 Å². The molecule has 2 nitrogen and oxygen atoms in total. The summed E-state index contributed by atoms with van der Waals surface area (Å²) in [5.41, 5.74) is 16.6. The van der Waals surface area contributed by atoms with Crippen molar-refractivity contribution in [1.82, 2.24) is 9.13 Å². The summed E-state index contributed by atoms with van der Waals surface area (Å²) < 4.78 is 5.05. The highest BCUT2D eigenvalue weighted by atomic mass is 28.3. The average molecular weight is 1170 g/mol. The minimum atomic E-state index is -3.20. The molecule has 0 atom stereocenters. The van der Waals surface area contributed by atoms with Crippen LogP contribution in [0.3, 0.4) is 0 Å². The number of benzene rings is 16. The molecule has 0 aliphatic rings. The molecule has 424 valence electrons. The second kappa shape index (κ2) is 21.3. The van der Waals surface area contributed by atoms with Crippen LogP contribution in [0.1, 0.15) is 0 Å². The molecule has 18 aromatic rings. The van der Waals surface area contributed by atoms with Gasteiger partial charge < -0.3 is 9.13 Å². The van der Waals surface area contributed by atoms with Crippen LogP contribution in [0.25, 0.3) is 143 Å². The molecule has 0 aliphatic carbocycles. The standard InChI is InChI=1S/C88H58N2Si/c1-3-31-69(32-4-1)91(70-33-5-2-6-34-70,71-35-19-29-67(57-71)89-85-49-45-63(77-41-15-25-59-21-7-11-37-73(59)77)53-81(85)82-54-64(46-50-86(82)89)78-42-16-26-60-22-8-12-38-74(60)78)72-36-20-30-68(58-72)90-87-51-47-65(79-43-17-27-61-23-9-13-39-75(61)79)55-83(87)84-56-66(48-52-88(84)90)80-44-18-28-62-24-10-14-40-76(62)80/h1-58H. The molecule has 18 rings (SSSR count). The van der Waals surface area contributed by atoms with Gasteiger partial charge in [0.25, 0.3) is 0 Å². The van der Waals surface area contributed by atoms with Gasteiger partial charge in [-0.3, -0.25) is 0 Å². The molecular weight excluding hydrogens is 1110 g/mol. The van der Waals surface area contributed by atoms with Crippen LogP contribution < -0.4 is 20.7 Å². The number of hydrogen-bond donors (Lipinski definition) is 0. The number of rotatable bonds is 10. The quantitative estimate of drug-likeness (QED) is 0.0954. The first-order chi connectivity index (χ1) is 45.1. The Morgan fingerprint density at radius 3 is 0.736 bits per heavy atom. The van der Waals surface area contributed by atoms with Crippen LogP contribution in [0, 0.1) is 0 Å². The Morgan fingerprint density at radius 2 is 0.429 bits per heavy atom. The van der Waals surface area contributed by atoms with Crippen molar-refractivity contribution >= 4 is 116 Å². The van der Waals surface area contributed by atoms with E-state index in [1.54, 1.807) is 0 Å². The van der Waals surface area contributed by atoms with E-state index in [2.05, 4.69) is 361 Å². The lowest BCUT2D eigenvalue weighted by Gasteiger charge is -2.35. The lowest BCUT2D eigenvalue weighted by molar-refractivity contribution is 1.18. The van der Waals surface area contributed by atoms with E-state index in [-0.39, 0.29) is 0 Å². The lowest BCUT2D eigenvalue weighted by Crippen LogP contribution is -2.74. The van der Waals surface area contributed by atoms with E-state index in [0.29, 0.717) is 0 Å². The Kier molecular flexibility index (Phi) is 12.3. The fourth-order valence-electron chi connectivity index (χ4n) is 15.3. The average Bonchev–Trinajstić information content (AvgIpc) is 1.85. The third-order valence-electron chi connectivity index (χ3n) is 19.4. The topological polar surface area (TPSA) is 9.86 Å². The van der Waals surface area contributed by atoms with Crippen molar-refractivity contribution in [3.63, 3.8) is 0 Å². The Balaban J connectivity index is 0.860. The minimum Gasteiger partial charge on any atom is -0.309 e. The van der Waals surface area contributed by atoms with Gasteiger partial charge in [0.2, 0.25) is 0 Å². The smallest absolute Gasteiger partial charge is 0.179 e. The SMILES string of the molecule is c1ccc([Si](c2ccccc2)(c2cccc(-n3c4ccc(-c5cccc6ccccc56)cc4c4cc(-c5cccc6ccccc56)ccc43)c2)c2cccc(-n3c4ccc(-c5cccc6ccccc56)cc4c4cc(-c5cccc6ccccc56)ccc43)c2)cc1. The van der Waals surface area contributed by atoms with Gasteiger partial charge in [-0.2, -0.15) is 0 Å². The fraction of sp³-hybridized carbons (Fsp3) is 0. The highest BCUT2D eigenvalue weighted by molar-refractivity contribution is 7.20. The van der Waals surface area contributed by atoms with Gasteiger partial charge in [0.05, 0.1) is 22.1 Å². The van der Waals surface area contributed by atoms with Gasteiger partial charge >= 0.3 is 0 Å². The van der Waals surface area contributed by atoms with Crippen LogP contribution in [0.15, 0.2) is 352 Å². The molecule has 0 unspecified atom stereocenters. The number of aromatic nitrogens is 2. The molecule has 3 heteroatoms. The van der Waals surface area contributed by atoms with Gasteiger partial charge in [-0.15, -0.1) is 0 Å². The first kappa shape index (κ1) is 52.5. The third kappa shape index (κ3) is 8.47. The van der Waals surface area contributed by atoms with E-state index in [1.165, 1.54) is 152 Å². The number of hydrogen-bond acceptors (Lipinski definition) is 0. The molecule has 0 bridgehead atoms. The monoisotopic (exact) mass is 1170 g/mol. The first-order valence-electron chi connectivity index (χ1n) is 31.5. The molecule has 0 aliphatic heterocycles. The van der Waals surface area contributed by atoms with Crippen molar-refractivity contribution < 1.29 is 0 Å². The zero-order valence-electron chi connectivity index (χ0n) is 49.9. The second-order valence-corrected chi connectivity index (χ2v) is 28.1. The van der Waals surface area contributed by atoms with Gasteiger partial charge in [0.15, 0.2) is 8.07 Å². The van der Waals surface area contributed by atoms with Crippen LogP contribution in [0.4, 0.5) is 0 Å². The van der Waals surface area contributed by atoms with Gasteiger partial charge in [-0.1, -0.05) is 279 Å². The molecule has 2 heterocycles. The lowest BCUT2D eigenvalue weighted by atomic mass is 9.95. The minimum absolute atomic E-state index is 1.12. The summed E-state index contributed by atoms with van der Waals surface area (Å²) in [5.74, 6) is 0. The second-order valence-electron chi connectivity index (χ2n) is 24.3. The van der Waals surface area contributed by atoms with Gasteiger partial charge in [0, 0.05) is 32.9 Å². The predicted molar refractivity (Wildman–Crippen MR) is 391 cm³/mol. The largest absolute Gasteiger partial charge is 0.309 e. The molecule has 0 N–H and O–H groups in total. The summed E-state index contributed by atoms with van der Waals surface area (Å²) in [6, 6.07) is 132. The van der Waals surface area contributed by atoms with Crippen LogP contribution in [-0.4, -0.2) is 17.2 Å². The van der Waals surface area contributed by atoms with Crippen molar-refractivity contribution in [2.45, 2.75) is 0 Å². The van der Waals surface area contributed by atoms with Gasteiger partial charge in [-0.05, 0) is 181 Å². The Morgan fingerprint density at radius 1 is 0.176 bits per heavy atom. The van der Waals surface area contributed by atoms with Crippen molar-refractivity contribution in [2.24, 2.45) is 0 Å². The number of nitrogens with zero attached hydrogens (tertiary/aromatic N) is 2. The first-order valence-corrected chi connectivity index (χ1v) is 33.5. The molecule has 0 spiro atoms. The molecule has 2 aromatic heterocycles. The normalized spacial score (nSPS) is 12.0. The Hall–Kier alpha value is -11.6. The highest BCUT2D eigenvalue weighted by Crippen LogP contribution is 2.42. The summed E-state index contributed by atoms with van der Waals surface area (Å²) in [7, 11) is -3.20. The summed E-state index contributed by atoms with van der Waals surface area (Å²) >= 11 is 0. The molecule has 0 amide bonds. The van der Waals surface area contributed by atoms with Gasteiger partial charge in [-0.25, -0.2) is 0 Å². The maximum absolute atomic E-state index is 3.20. The zero-order valence-corrected chi connectivity index (χ0v) is 50.9. The predicted octanol–water partition coefficient (Wildman–Crippen LogP) is 20.5. The van der Waals surface area contributed by atoms with E-state index >= 15 is 0 Å². The van der Waals surface area contributed by atoms with Crippen molar-refractivity contribution in [1.29, 1.82) is 0 Å². The fourth-order valence-corrected chi connectivity index (χ4v) is 20.1. The van der Waals surface area contributed by atoms with E-state index < -0.39 is 8.07 Å². The molecule has 0 radical (unpaired) electrons. The van der Waals surface area contributed by atoms with Gasteiger partial charge in [0.1, 0.15) is 0 Å². The van der Waals surface area contributed by atoms with E-state index in [4.69, 9.17) is 0 Å². The van der Waals surface area contributed by atoms with E-state index in [0.717, 1.165) is 11.4 Å². The summed E-state index contributed by atoms with van der Waals surface area (Å²) in [4.78, 5) is 0. The van der Waals surface area contributed by atoms with E-state index in [9.17, 15) is 0 Å². The van der Waals surface area contributed by atoms with E-state index in [1.807, 2.05) is 0 Å². The zero-order chi connectivity index (χ0) is 60.0. The third-order valence-corrected chi connectivity index (χ3v) is 24.2. The van der Waals surface area contributed by atoms with Crippen LogP contribution in [-0.2, 0) is 0 Å². The van der Waals surface area contributed by atoms with Crippen molar-refractivity contribution in [3.05, 3.63) is 352 Å². The highest BCUT2D eigenvalue weighted by Gasteiger charge is 2.42. The van der Waals surface area contributed by atoms with Crippen molar-refractivity contribution in [3.8, 4) is 55.9 Å². The number of fused-ring (bicyclic) bond motifs is 10. The van der Waals surface area contributed by atoms with Crippen LogP contribution >= 0.6 is 0 Å². The Labute approximate surface area is 529 Å². The summed E-state index contributed by atoms with van der Waals surface area (Å²) in [6.45, 7) is 0. The molecular formula is C88H58N2Si. The maximum Gasteiger partial charge on any atom is 0.179 e. The molecule has 0 fully saturated rings. The summed E-state index contributed by atoms with van der Waals surface area (Å²) in [5, 5.41) is 20.1. The molecule has 0 saturated carbocycles. The van der Waals surface area contributed by atoms with Crippen LogP contribution in [0.5, 0.6) is 0 Å². The summed E-state index contributed by atoms with van der Waals surface area (Å²) in [6.07, 6.45) is 0. The van der Waals surface area contributed by atoms with Crippen molar-refractivity contribution in [2.75, 3.05) is 0 Å². The molecule has 16 aromatic carbocycles. The molecule has 91 heavy (non-hydrogen) atoms. The maximum atomic E-state index is 2.53. The molecule has 0 saturated heterocycles.